The Morgan fingerprint density at radius 1 is 1.05 bits per heavy atom. The summed E-state index contributed by atoms with van der Waals surface area (Å²) in [6, 6.07) is 16.7. The van der Waals surface area contributed by atoms with Gasteiger partial charge in [0.05, 0.1) is 19.2 Å². The number of benzene rings is 2. The van der Waals surface area contributed by atoms with Gasteiger partial charge in [-0.3, -0.25) is 4.99 Å². The molecule has 2 N–H and O–H groups in total. The van der Waals surface area contributed by atoms with E-state index < -0.39 is 0 Å². The summed E-state index contributed by atoms with van der Waals surface area (Å²) in [5.41, 5.74) is 8.33. The first kappa shape index (κ1) is 13.8. The number of esters is 1. The Morgan fingerprint density at radius 2 is 1.70 bits per heavy atom. The molecule has 4 heteroatoms. The van der Waals surface area contributed by atoms with Gasteiger partial charge in [-0.25, -0.2) is 4.79 Å². The van der Waals surface area contributed by atoms with Crippen LogP contribution < -0.4 is 5.73 Å². The summed E-state index contributed by atoms with van der Waals surface area (Å²) in [5.74, 6) is 0.159. The molecule has 0 aliphatic heterocycles. The maximum Gasteiger partial charge on any atom is 0.337 e. The van der Waals surface area contributed by atoms with Crippen LogP contribution in [0.1, 0.15) is 21.5 Å². The van der Waals surface area contributed by atoms with Crippen LogP contribution >= 0.6 is 0 Å². The largest absolute Gasteiger partial charge is 0.465 e. The molecule has 0 saturated heterocycles. The second-order valence-electron chi connectivity index (χ2n) is 4.26. The lowest BCUT2D eigenvalue weighted by atomic mass is 10.1. The summed E-state index contributed by atoms with van der Waals surface area (Å²) in [7, 11) is 1.36. The fourth-order valence-electron chi connectivity index (χ4n) is 1.74. The first-order chi connectivity index (χ1) is 9.70. The molecule has 2 aromatic rings. The Bertz CT molecular complexity index is 604. The molecule has 0 atom stereocenters. The molecule has 0 aromatic heterocycles. The third-order valence-corrected chi connectivity index (χ3v) is 2.88. The molecule has 0 saturated carbocycles. The van der Waals surface area contributed by atoms with Crippen LogP contribution in [0.15, 0.2) is 59.6 Å². The SMILES string of the molecule is COC(=O)c1ccc(CN=C(N)c2ccccc2)cc1. The minimum absolute atomic E-state index is 0.344. The normalized spacial score (nSPS) is 11.2. The van der Waals surface area contributed by atoms with E-state index in [-0.39, 0.29) is 5.97 Å². The molecule has 0 heterocycles. The number of methoxy groups -OCH3 is 1. The fourth-order valence-corrected chi connectivity index (χ4v) is 1.74. The Balaban J connectivity index is 2.05. The Labute approximate surface area is 117 Å². The van der Waals surface area contributed by atoms with Gasteiger partial charge in [0, 0.05) is 5.56 Å². The highest BCUT2D eigenvalue weighted by Crippen LogP contribution is 2.07. The van der Waals surface area contributed by atoms with Crippen molar-refractivity contribution in [3.63, 3.8) is 0 Å². The van der Waals surface area contributed by atoms with E-state index in [0.29, 0.717) is 17.9 Å². The number of carbonyl (C=O) groups is 1. The molecule has 20 heavy (non-hydrogen) atoms. The van der Waals surface area contributed by atoms with Crippen molar-refractivity contribution in [1.29, 1.82) is 0 Å². The summed E-state index contributed by atoms with van der Waals surface area (Å²) in [5, 5.41) is 0. The summed E-state index contributed by atoms with van der Waals surface area (Å²) in [6.45, 7) is 0.474. The van der Waals surface area contributed by atoms with Crippen LogP contribution in [0.3, 0.4) is 0 Å². The standard InChI is InChI=1S/C16H16N2O2/c1-20-16(19)14-9-7-12(8-10-14)11-18-15(17)13-5-3-2-4-6-13/h2-10H,11H2,1H3,(H2,17,18). The van der Waals surface area contributed by atoms with Crippen molar-refractivity contribution in [1.82, 2.24) is 0 Å². The van der Waals surface area contributed by atoms with Gasteiger partial charge < -0.3 is 10.5 Å². The summed E-state index contributed by atoms with van der Waals surface area (Å²) in [4.78, 5) is 15.6. The van der Waals surface area contributed by atoms with Crippen LogP contribution in [-0.4, -0.2) is 18.9 Å². The van der Waals surface area contributed by atoms with Gasteiger partial charge in [-0.2, -0.15) is 0 Å². The van der Waals surface area contributed by atoms with Crippen LogP contribution in [0.5, 0.6) is 0 Å². The molecule has 0 unspecified atom stereocenters. The topological polar surface area (TPSA) is 64.7 Å². The van der Waals surface area contributed by atoms with Crippen molar-refractivity contribution in [2.45, 2.75) is 6.54 Å². The predicted molar refractivity (Wildman–Crippen MR) is 78.7 cm³/mol. The van der Waals surface area contributed by atoms with E-state index in [0.717, 1.165) is 11.1 Å². The van der Waals surface area contributed by atoms with Crippen molar-refractivity contribution in [3.05, 3.63) is 71.3 Å². The zero-order valence-electron chi connectivity index (χ0n) is 11.2. The molecule has 2 rings (SSSR count). The molecule has 0 radical (unpaired) electrons. The van der Waals surface area contributed by atoms with Gasteiger partial charge in [-0.15, -0.1) is 0 Å². The number of rotatable bonds is 4. The smallest absolute Gasteiger partial charge is 0.337 e. The van der Waals surface area contributed by atoms with Gasteiger partial charge in [0.1, 0.15) is 5.84 Å². The van der Waals surface area contributed by atoms with E-state index in [1.54, 1.807) is 12.1 Å². The van der Waals surface area contributed by atoms with Crippen LogP contribution in [0.25, 0.3) is 0 Å². The Hall–Kier alpha value is -2.62. The van der Waals surface area contributed by atoms with E-state index in [1.165, 1.54) is 7.11 Å². The van der Waals surface area contributed by atoms with E-state index in [4.69, 9.17) is 5.73 Å². The van der Waals surface area contributed by atoms with Crippen LogP contribution in [0.4, 0.5) is 0 Å². The first-order valence-electron chi connectivity index (χ1n) is 6.23. The van der Waals surface area contributed by atoms with Crippen molar-refractivity contribution >= 4 is 11.8 Å². The van der Waals surface area contributed by atoms with Gasteiger partial charge in [-0.05, 0) is 17.7 Å². The first-order valence-corrected chi connectivity index (χ1v) is 6.23. The lowest BCUT2D eigenvalue weighted by Gasteiger charge is -2.03. The van der Waals surface area contributed by atoms with Gasteiger partial charge in [0.25, 0.3) is 0 Å². The maximum absolute atomic E-state index is 11.3. The number of ether oxygens (including phenoxy) is 1. The summed E-state index contributed by atoms with van der Waals surface area (Å²) < 4.78 is 4.65. The minimum Gasteiger partial charge on any atom is -0.465 e. The summed E-state index contributed by atoms with van der Waals surface area (Å²) in [6.07, 6.45) is 0. The lowest BCUT2D eigenvalue weighted by molar-refractivity contribution is 0.0600. The van der Waals surface area contributed by atoms with E-state index in [2.05, 4.69) is 9.73 Å². The highest BCUT2D eigenvalue weighted by molar-refractivity contribution is 5.97. The zero-order valence-corrected chi connectivity index (χ0v) is 11.2. The third-order valence-electron chi connectivity index (χ3n) is 2.88. The second kappa shape index (κ2) is 6.52. The van der Waals surface area contributed by atoms with Crippen molar-refractivity contribution < 1.29 is 9.53 Å². The second-order valence-corrected chi connectivity index (χ2v) is 4.26. The van der Waals surface area contributed by atoms with Crippen molar-refractivity contribution in [2.75, 3.05) is 7.11 Å². The molecule has 0 aliphatic rings. The van der Waals surface area contributed by atoms with Crippen LogP contribution in [-0.2, 0) is 11.3 Å². The molecule has 102 valence electrons. The van der Waals surface area contributed by atoms with E-state index in [1.807, 2.05) is 42.5 Å². The lowest BCUT2D eigenvalue weighted by Crippen LogP contribution is -2.13. The highest BCUT2D eigenvalue weighted by atomic mass is 16.5. The molecule has 0 bridgehead atoms. The summed E-state index contributed by atoms with van der Waals surface area (Å²) >= 11 is 0. The Morgan fingerprint density at radius 3 is 2.30 bits per heavy atom. The van der Waals surface area contributed by atoms with E-state index in [9.17, 15) is 4.79 Å². The van der Waals surface area contributed by atoms with Crippen molar-refractivity contribution in [3.8, 4) is 0 Å². The zero-order chi connectivity index (χ0) is 14.4. The number of hydrogen-bond donors (Lipinski definition) is 1. The van der Waals surface area contributed by atoms with Crippen LogP contribution in [0, 0.1) is 0 Å². The van der Waals surface area contributed by atoms with Gasteiger partial charge in [0.2, 0.25) is 0 Å². The average molecular weight is 268 g/mol. The van der Waals surface area contributed by atoms with Gasteiger partial charge in [0.15, 0.2) is 0 Å². The molecule has 0 amide bonds. The third kappa shape index (κ3) is 3.45. The monoisotopic (exact) mass is 268 g/mol. The highest BCUT2D eigenvalue weighted by Gasteiger charge is 2.04. The minimum atomic E-state index is -0.344. The van der Waals surface area contributed by atoms with Gasteiger partial charge in [-0.1, -0.05) is 42.5 Å². The number of nitrogens with two attached hydrogens (primary N) is 1. The molecule has 0 fully saturated rings. The number of carbonyl (C=O) groups excluding carboxylic acids is 1. The molecule has 2 aromatic carbocycles. The van der Waals surface area contributed by atoms with Crippen molar-refractivity contribution in [2.24, 2.45) is 10.7 Å². The predicted octanol–water partition coefficient (Wildman–Crippen LogP) is 2.38. The number of amidine groups is 1. The number of hydrogen-bond acceptors (Lipinski definition) is 3. The quantitative estimate of drug-likeness (QED) is 0.526. The molecule has 0 aliphatic carbocycles. The molecular weight excluding hydrogens is 252 g/mol. The molecular formula is C16H16N2O2. The maximum atomic E-state index is 11.3. The van der Waals surface area contributed by atoms with E-state index >= 15 is 0 Å². The molecule has 0 spiro atoms. The Kier molecular flexibility index (Phi) is 4.50. The fraction of sp³-hybridized carbons (Fsp3) is 0.125. The molecule has 4 nitrogen and oxygen atoms in total. The number of nitrogens with zero attached hydrogens (tertiary/aromatic N) is 1. The van der Waals surface area contributed by atoms with Gasteiger partial charge >= 0.3 is 5.97 Å². The number of aliphatic imine (C=N–C) groups is 1. The average Bonchev–Trinajstić information content (AvgIpc) is 2.53. The van der Waals surface area contributed by atoms with Crippen LogP contribution in [0.2, 0.25) is 0 Å².